The first-order chi connectivity index (χ1) is 12.5. The van der Waals surface area contributed by atoms with E-state index in [2.05, 4.69) is 12.1 Å². The van der Waals surface area contributed by atoms with E-state index >= 15 is 0 Å². The zero-order valence-corrected chi connectivity index (χ0v) is 15.0. The first-order valence-electron chi connectivity index (χ1n) is 9.27. The molecule has 1 N–H and O–H groups in total. The lowest BCUT2D eigenvalue weighted by molar-refractivity contribution is 0.0570. The van der Waals surface area contributed by atoms with Crippen LogP contribution in [0.3, 0.4) is 0 Å². The third-order valence-electron chi connectivity index (χ3n) is 6.09. The Hall–Kier alpha value is -2.20. The van der Waals surface area contributed by atoms with Gasteiger partial charge in [0.25, 0.3) is 5.91 Å². The van der Waals surface area contributed by atoms with Gasteiger partial charge in [-0.25, -0.2) is 4.39 Å². The molecular weight excluding hydrogens is 329 g/mol. The highest BCUT2D eigenvalue weighted by Crippen LogP contribution is 2.51. The van der Waals surface area contributed by atoms with Crippen LogP contribution in [0, 0.1) is 18.2 Å². The molecule has 2 heterocycles. The number of nitrogens with zero attached hydrogens (tertiary/aromatic N) is 1. The Kier molecular flexibility index (Phi) is 4.31. The smallest absolute Gasteiger partial charge is 0.254 e. The van der Waals surface area contributed by atoms with E-state index in [0.717, 1.165) is 31.2 Å². The summed E-state index contributed by atoms with van der Waals surface area (Å²) in [6, 6.07) is 14.8. The maximum Gasteiger partial charge on any atom is 0.254 e. The molecule has 3 atom stereocenters. The fraction of sp³-hybridized carbons (Fsp3) is 0.409. The number of hydrogen-bond acceptors (Lipinski definition) is 2. The number of aliphatic hydroxyl groups is 1. The van der Waals surface area contributed by atoms with E-state index in [4.69, 9.17) is 0 Å². The van der Waals surface area contributed by atoms with Crippen LogP contribution in [0.5, 0.6) is 0 Å². The van der Waals surface area contributed by atoms with Crippen molar-refractivity contribution in [2.24, 2.45) is 5.41 Å². The number of fused-ring (bicyclic) bond motifs is 2. The van der Waals surface area contributed by atoms with E-state index in [1.54, 1.807) is 13.0 Å². The van der Waals surface area contributed by atoms with Gasteiger partial charge in [0.05, 0.1) is 6.61 Å². The van der Waals surface area contributed by atoms with Gasteiger partial charge in [0, 0.05) is 23.1 Å². The predicted octanol–water partition coefficient (Wildman–Crippen LogP) is 3.73. The van der Waals surface area contributed by atoms with Crippen LogP contribution in [0.4, 0.5) is 4.39 Å². The second-order valence-corrected chi connectivity index (χ2v) is 7.86. The van der Waals surface area contributed by atoms with Gasteiger partial charge in [-0.15, -0.1) is 0 Å². The van der Waals surface area contributed by atoms with Gasteiger partial charge in [-0.1, -0.05) is 30.3 Å². The van der Waals surface area contributed by atoms with Crippen LogP contribution in [0.15, 0.2) is 48.5 Å². The lowest BCUT2D eigenvalue weighted by atomic mass is 9.70. The molecule has 2 fully saturated rings. The summed E-state index contributed by atoms with van der Waals surface area (Å²) in [5.74, 6) is -0.485. The molecular formula is C22H24FNO2. The van der Waals surface area contributed by atoms with Crippen LogP contribution in [0.2, 0.25) is 0 Å². The predicted molar refractivity (Wildman–Crippen MR) is 98.4 cm³/mol. The molecule has 2 bridgehead atoms. The molecule has 2 aromatic rings. The third kappa shape index (κ3) is 2.82. The number of aliphatic hydroxyl groups excluding tert-OH is 1. The highest BCUT2D eigenvalue weighted by molar-refractivity contribution is 5.95. The Morgan fingerprint density at radius 3 is 2.69 bits per heavy atom. The maximum atomic E-state index is 13.8. The number of carbonyl (C=O) groups excluding carboxylic acids is 1. The minimum absolute atomic E-state index is 0.00813. The zero-order valence-electron chi connectivity index (χ0n) is 15.0. The van der Waals surface area contributed by atoms with Crippen molar-refractivity contribution in [2.75, 3.05) is 6.61 Å². The lowest BCUT2D eigenvalue weighted by Crippen LogP contribution is -2.44. The van der Waals surface area contributed by atoms with Crippen molar-refractivity contribution in [3.05, 3.63) is 71.0 Å². The van der Waals surface area contributed by atoms with E-state index in [1.807, 2.05) is 23.1 Å². The minimum atomic E-state index is -0.377. The standard InChI is InChI=1S/C22H24FNO2/c1-15-9-17(11-18(23)10-15)21(26)24-19-7-8-20(24)22(13-19,14-25)12-16-5-3-2-4-6-16/h2-6,9-11,19-20,25H,7-8,12-14H2,1H3/t19-,20+,22-/m0/s1. The maximum absolute atomic E-state index is 13.8. The third-order valence-corrected chi connectivity index (χ3v) is 6.09. The van der Waals surface area contributed by atoms with Crippen LogP contribution >= 0.6 is 0 Å². The first kappa shape index (κ1) is 17.2. The van der Waals surface area contributed by atoms with Gasteiger partial charge in [0.2, 0.25) is 0 Å². The molecule has 0 aromatic heterocycles. The molecule has 2 aromatic carbocycles. The molecule has 0 unspecified atom stereocenters. The van der Waals surface area contributed by atoms with Crippen molar-refractivity contribution in [3.8, 4) is 0 Å². The van der Waals surface area contributed by atoms with Gasteiger partial charge >= 0.3 is 0 Å². The van der Waals surface area contributed by atoms with Gasteiger partial charge in [-0.05, 0) is 61.9 Å². The fourth-order valence-corrected chi connectivity index (χ4v) is 5.02. The van der Waals surface area contributed by atoms with Crippen molar-refractivity contribution < 1.29 is 14.3 Å². The Labute approximate surface area is 153 Å². The summed E-state index contributed by atoms with van der Waals surface area (Å²) in [6.45, 7) is 1.86. The summed E-state index contributed by atoms with van der Waals surface area (Å²) in [4.78, 5) is 15.1. The monoisotopic (exact) mass is 353 g/mol. The van der Waals surface area contributed by atoms with Crippen LogP contribution in [0.25, 0.3) is 0 Å². The van der Waals surface area contributed by atoms with E-state index in [-0.39, 0.29) is 35.8 Å². The van der Waals surface area contributed by atoms with Crippen molar-refractivity contribution in [1.82, 2.24) is 4.90 Å². The number of amides is 1. The molecule has 0 radical (unpaired) electrons. The summed E-state index contributed by atoms with van der Waals surface area (Å²) < 4.78 is 13.8. The number of carbonyl (C=O) groups is 1. The molecule has 26 heavy (non-hydrogen) atoms. The molecule has 3 nitrogen and oxygen atoms in total. The normalized spacial score (nSPS) is 27.1. The molecule has 0 aliphatic carbocycles. The number of rotatable bonds is 4. The van der Waals surface area contributed by atoms with Gasteiger partial charge in [0.15, 0.2) is 0 Å². The average Bonchev–Trinajstić information content (AvgIpc) is 3.17. The molecule has 4 heteroatoms. The fourth-order valence-electron chi connectivity index (χ4n) is 5.02. The number of aryl methyl sites for hydroxylation is 1. The van der Waals surface area contributed by atoms with E-state index < -0.39 is 0 Å². The molecule has 2 aliphatic rings. The second-order valence-electron chi connectivity index (χ2n) is 7.86. The summed E-state index contributed by atoms with van der Waals surface area (Å²) in [5, 5.41) is 10.3. The molecule has 2 saturated heterocycles. The van der Waals surface area contributed by atoms with Crippen LogP contribution in [0.1, 0.15) is 40.7 Å². The number of benzene rings is 2. The highest BCUT2D eigenvalue weighted by atomic mass is 19.1. The Morgan fingerprint density at radius 1 is 1.23 bits per heavy atom. The summed E-state index contributed by atoms with van der Waals surface area (Å²) in [6.07, 6.45) is 3.43. The molecule has 136 valence electrons. The Bertz CT molecular complexity index is 802. The zero-order chi connectivity index (χ0) is 18.3. The Balaban J connectivity index is 1.64. The van der Waals surface area contributed by atoms with Crippen LogP contribution < -0.4 is 0 Å². The van der Waals surface area contributed by atoms with Gasteiger partial charge in [-0.3, -0.25) is 4.79 Å². The van der Waals surface area contributed by atoms with Crippen molar-refractivity contribution in [1.29, 1.82) is 0 Å². The van der Waals surface area contributed by atoms with E-state index in [9.17, 15) is 14.3 Å². The number of halogens is 1. The van der Waals surface area contributed by atoms with Gasteiger partial charge in [0.1, 0.15) is 5.82 Å². The average molecular weight is 353 g/mol. The van der Waals surface area contributed by atoms with E-state index in [0.29, 0.717) is 5.56 Å². The molecule has 2 aliphatic heterocycles. The van der Waals surface area contributed by atoms with Crippen LogP contribution in [-0.4, -0.2) is 34.6 Å². The van der Waals surface area contributed by atoms with Gasteiger partial charge < -0.3 is 10.0 Å². The molecule has 0 saturated carbocycles. The molecule has 1 amide bonds. The SMILES string of the molecule is Cc1cc(F)cc(C(=O)N2[C@H]3CC[C@@H]2[C@@](CO)(Cc2ccccc2)C3)c1. The van der Waals surface area contributed by atoms with Crippen LogP contribution in [-0.2, 0) is 6.42 Å². The molecule has 4 rings (SSSR count). The summed E-state index contributed by atoms with van der Waals surface area (Å²) in [5.41, 5.74) is 2.04. The van der Waals surface area contributed by atoms with Gasteiger partial charge in [-0.2, -0.15) is 0 Å². The lowest BCUT2D eigenvalue weighted by Gasteiger charge is -2.36. The van der Waals surface area contributed by atoms with Crippen molar-refractivity contribution >= 4 is 5.91 Å². The first-order valence-corrected chi connectivity index (χ1v) is 9.27. The topological polar surface area (TPSA) is 40.5 Å². The highest BCUT2D eigenvalue weighted by Gasteiger charge is 2.57. The number of hydrogen-bond donors (Lipinski definition) is 1. The second kappa shape index (κ2) is 6.51. The van der Waals surface area contributed by atoms with Crippen molar-refractivity contribution in [3.63, 3.8) is 0 Å². The molecule has 0 spiro atoms. The summed E-state index contributed by atoms with van der Waals surface area (Å²) >= 11 is 0. The quantitative estimate of drug-likeness (QED) is 0.910. The van der Waals surface area contributed by atoms with Crippen molar-refractivity contribution in [2.45, 2.75) is 44.7 Å². The Morgan fingerprint density at radius 2 is 2.00 bits per heavy atom. The van der Waals surface area contributed by atoms with E-state index in [1.165, 1.54) is 17.7 Å². The summed E-state index contributed by atoms with van der Waals surface area (Å²) in [7, 11) is 0. The minimum Gasteiger partial charge on any atom is -0.396 e. The largest absolute Gasteiger partial charge is 0.396 e.